The highest BCUT2D eigenvalue weighted by molar-refractivity contribution is 14.1. The topological polar surface area (TPSA) is 57.7 Å². The second-order valence-electron chi connectivity index (χ2n) is 5.88. The molecule has 1 amide bonds. The number of halogens is 1. The van der Waals surface area contributed by atoms with Gasteiger partial charge < -0.3 is 4.90 Å². The Morgan fingerprint density at radius 3 is 2.46 bits per heavy atom. The number of carbonyl (C=O) groups is 1. The largest absolute Gasteiger partial charge is 0.318 e. The molecule has 2 aromatic rings. The summed E-state index contributed by atoms with van der Waals surface area (Å²) in [6, 6.07) is 14.1. The van der Waals surface area contributed by atoms with E-state index in [0.717, 1.165) is 9.13 Å². The molecule has 0 radical (unpaired) electrons. The van der Waals surface area contributed by atoms with Gasteiger partial charge in [-0.15, -0.1) is 0 Å². The van der Waals surface area contributed by atoms with Crippen LogP contribution in [0, 0.1) is 3.57 Å². The Kier molecular flexibility index (Phi) is 3.89. The second-order valence-corrected chi connectivity index (χ2v) is 9.02. The number of rotatable bonds is 2. The Balaban J connectivity index is 1.81. The van der Waals surface area contributed by atoms with Crippen LogP contribution in [0.1, 0.15) is 28.5 Å². The summed E-state index contributed by atoms with van der Waals surface area (Å²) in [6.07, 6.45) is 0.103. The van der Waals surface area contributed by atoms with E-state index < -0.39 is 16.2 Å². The monoisotopic (exact) mass is 454 g/mol. The minimum absolute atomic E-state index is 0.0851. The van der Waals surface area contributed by atoms with Crippen molar-refractivity contribution < 1.29 is 13.2 Å². The zero-order valence-corrected chi connectivity index (χ0v) is 15.7. The van der Waals surface area contributed by atoms with Crippen molar-refractivity contribution in [2.24, 2.45) is 0 Å². The van der Waals surface area contributed by atoms with Crippen molar-refractivity contribution in [1.29, 1.82) is 0 Å². The summed E-state index contributed by atoms with van der Waals surface area (Å²) in [5.41, 5.74) is 1.38. The van der Waals surface area contributed by atoms with Gasteiger partial charge in [0.25, 0.3) is 5.91 Å². The summed E-state index contributed by atoms with van der Waals surface area (Å²) >= 11 is 2.15. The van der Waals surface area contributed by atoms with Gasteiger partial charge in [0.15, 0.2) is 0 Å². The molecular weight excluding hydrogens is 439 g/mol. The van der Waals surface area contributed by atoms with E-state index >= 15 is 0 Å². The fourth-order valence-corrected chi connectivity index (χ4v) is 5.37. The Morgan fingerprint density at radius 2 is 1.71 bits per heavy atom. The van der Waals surface area contributed by atoms with Gasteiger partial charge in [0, 0.05) is 27.8 Å². The maximum Gasteiger partial charge on any atom is 0.255 e. The predicted molar refractivity (Wildman–Crippen MR) is 97.9 cm³/mol. The Hall–Kier alpha value is -1.45. The molecule has 1 atom stereocenters. The second kappa shape index (κ2) is 5.82. The summed E-state index contributed by atoms with van der Waals surface area (Å²) < 4.78 is 28.7. The number of hydrogen-bond donors (Lipinski definition) is 0. The molecule has 7 heteroatoms. The van der Waals surface area contributed by atoms with E-state index in [2.05, 4.69) is 22.6 Å². The highest BCUT2D eigenvalue weighted by atomic mass is 127. The smallest absolute Gasteiger partial charge is 0.255 e. The normalized spacial score (nSPS) is 20.8. The third kappa shape index (κ3) is 2.37. The molecular formula is C17H15IN2O3S. The third-order valence-electron chi connectivity index (χ3n) is 4.50. The van der Waals surface area contributed by atoms with Crippen LogP contribution < -0.4 is 0 Å². The molecule has 1 unspecified atom stereocenters. The van der Waals surface area contributed by atoms with Crippen molar-refractivity contribution in [3.63, 3.8) is 0 Å². The average Bonchev–Trinajstić information content (AvgIpc) is 2.89. The van der Waals surface area contributed by atoms with Crippen LogP contribution in [0.5, 0.6) is 0 Å². The maximum atomic E-state index is 13.1. The van der Waals surface area contributed by atoms with E-state index in [0.29, 0.717) is 25.1 Å². The molecule has 4 rings (SSSR count). The van der Waals surface area contributed by atoms with Crippen molar-refractivity contribution in [1.82, 2.24) is 9.21 Å². The predicted octanol–water partition coefficient (Wildman–Crippen LogP) is 2.84. The van der Waals surface area contributed by atoms with Crippen molar-refractivity contribution in [3.8, 4) is 0 Å². The number of nitrogens with zero attached hydrogens (tertiary/aromatic N) is 2. The zero-order chi connectivity index (χ0) is 16.9. The molecule has 0 aliphatic carbocycles. The van der Waals surface area contributed by atoms with Gasteiger partial charge in [0.2, 0.25) is 10.0 Å². The summed E-state index contributed by atoms with van der Waals surface area (Å²) in [5.74, 6) is -0.0851. The summed E-state index contributed by atoms with van der Waals surface area (Å²) in [6.45, 7) is 0.994. The lowest BCUT2D eigenvalue weighted by Crippen LogP contribution is -2.48. The van der Waals surface area contributed by atoms with Gasteiger partial charge in [-0.2, -0.15) is 4.31 Å². The van der Waals surface area contributed by atoms with Crippen LogP contribution in [0.4, 0.5) is 0 Å². The van der Waals surface area contributed by atoms with Crippen LogP contribution in [0.25, 0.3) is 0 Å². The average molecular weight is 454 g/mol. The standard InChI is InChI=1S/C17H15IN2O3S/c18-12-6-8-13(9-7-12)24(22,23)20-11-3-10-19-16(20)14-4-1-2-5-15(14)17(19)21/h1-2,4-9,16H,3,10-11H2. The molecule has 1 saturated heterocycles. The molecule has 2 aliphatic rings. The molecule has 24 heavy (non-hydrogen) atoms. The molecule has 0 saturated carbocycles. The molecule has 2 aromatic carbocycles. The fourth-order valence-electron chi connectivity index (χ4n) is 3.40. The quantitative estimate of drug-likeness (QED) is 0.656. The number of amides is 1. The van der Waals surface area contributed by atoms with Gasteiger partial charge in [-0.05, 0) is 59.3 Å². The maximum absolute atomic E-state index is 13.1. The Bertz CT molecular complexity index is 912. The van der Waals surface area contributed by atoms with Crippen LogP contribution in [0.3, 0.4) is 0 Å². The molecule has 0 aromatic heterocycles. The molecule has 5 nitrogen and oxygen atoms in total. The minimum Gasteiger partial charge on any atom is -0.318 e. The van der Waals surface area contributed by atoms with Gasteiger partial charge in [-0.25, -0.2) is 8.42 Å². The van der Waals surface area contributed by atoms with Crippen LogP contribution >= 0.6 is 22.6 Å². The number of sulfonamides is 1. The van der Waals surface area contributed by atoms with E-state index in [-0.39, 0.29) is 10.8 Å². The minimum atomic E-state index is -3.66. The van der Waals surface area contributed by atoms with E-state index in [1.807, 2.05) is 18.2 Å². The van der Waals surface area contributed by atoms with E-state index in [1.54, 1.807) is 35.2 Å². The lowest BCUT2D eigenvalue weighted by Gasteiger charge is -2.39. The summed E-state index contributed by atoms with van der Waals surface area (Å²) in [5, 5.41) is 0. The van der Waals surface area contributed by atoms with Crippen molar-refractivity contribution >= 4 is 38.5 Å². The number of hydrogen-bond acceptors (Lipinski definition) is 3. The highest BCUT2D eigenvalue weighted by Crippen LogP contribution is 2.41. The SMILES string of the molecule is O=C1c2ccccc2C2N1CCCN2S(=O)(=O)c1ccc(I)cc1. The van der Waals surface area contributed by atoms with Crippen molar-refractivity contribution in [3.05, 3.63) is 63.2 Å². The lowest BCUT2D eigenvalue weighted by atomic mass is 10.1. The first kappa shape index (κ1) is 16.0. The molecule has 0 bridgehead atoms. The van der Waals surface area contributed by atoms with Crippen LogP contribution in [0.15, 0.2) is 53.4 Å². The zero-order valence-electron chi connectivity index (χ0n) is 12.7. The van der Waals surface area contributed by atoms with E-state index in [1.165, 1.54) is 4.31 Å². The Labute approximate surface area is 154 Å². The van der Waals surface area contributed by atoms with Gasteiger partial charge >= 0.3 is 0 Å². The Morgan fingerprint density at radius 1 is 1.00 bits per heavy atom. The van der Waals surface area contributed by atoms with Crippen molar-refractivity contribution in [2.75, 3.05) is 13.1 Å². The third-order valence-corrected chi connectivity index (χ3v) is 7.08. The van der Waals surface area contributed by atoms with E-state index in [4.69, 9.17) is 0 Å². The molecule has 1 fully saturated rings. The molecule has 124 valence electrons. The molecule has 2 heterocycles. The first-order valence-electron chi connectivity index (χ1n) is 7.67. The molecule has 0 N–H and O–H groups in total. The van der Waals surface area contributed by atoms with E-state index in [9.17, 15) is 13.2 Å². The van der Waals surface area contributed by atoms with Gasteiger partial charge in [0.05, 0.1) is 4.90 Å². The summed E-state index contributed by atoms with van der Waals surface area (Å²) in [4.78, 5) is 14.5. The van der Waals surface area contributed by atoms with Gasteiger partial charge in [0.1, 0.15) is 6.17 Å². The molecule has 2 aliphatic heterocycles. The van der Waals surface area contributed by atoms with Crippen LogP contribution in [-0.4, -0.2) is 36.6 Å². The first-order chi connectivity index (χ1) is 11.5. The number of benzene rings is 2. The van der Waals surface area contributed by atoms with Crippen molar-refractivity contribution in [2.45, 2.75) is 17.5 Å². The number of carbonyl (C=O) groups excluding carboxylic acids is 1. The summed E-state index contributed by atoms with van der Waals surface area (Å²) in [7, 11) is -3.66. The highest BCUT2D eigenvalue weighted by Gasteiger charge is 2.46. The van der Waals surface area contributed by atoms with Gasteiger partial charge in [-0.3, -0.25) is 4.79 Å². The fraction of sp³-hybridized carbons (Fsp3) is 0.235. The first-order valence-corrected chi connectivity index (χ1v) is 10.2. The van der Waals surface area contributed by atoms with Crippen LogP contribution in [0.2, 0.25) is 0 Å². The molecule has 0 spiro atoms. The van der Waals surface area contributed by atoms with Crippen LogP contribution in [-0.2, 0) is 10.0 Å². The lowest BCUT2D eigenvalue weighted by molar-refractivity contribution is 0.0470. The van der Waals surface area contributed by atoms with Gasteiger partial charge in [-0.1, -0.05) is 18.2 Å². The number of fused-ring (bicyclic) bond motifs is 3.